The molecule has 0 N–H and O–H groups in total. The van der Waals surface area contributed by atoms with Crippen molar-refractivity contribution in [1.82, 2.24) is 0 Å². The Balaban J connectivity index is 1.75. The molecule has 0 aliphatic rings. The van der Waals surface area contributed by atoms with Crippen molar-refractivity contribution >= 4 is 23.2 Å². The van der Waals surface area contributed by atoms with Gasteiger partial charge in [0.05, 0.1) is 13.7 Å². The van der Waals surface area contributed by atoms with Crippen molar-refractivity contribution in [2.45, 2.75) is 13.0 Å². The number of carbonyl (C=O) groups is 2. The maximum absolute atomic E-state index is 13.1. The standard InChI is InChI=1S/C24H24N2O3/c1-25(20-13-15-22(29-2)16-14-20)23(27)17-24(28)26(21-11-7-4-8-12-21)18-19-9-5-3-6-10-19/h3-16H,17-18H2,1-2H3. The van der Waals surface area contributed by atoms with Gasteiger partial charge in [0.25, 0.3) is 0 Å². The van der Waals surface area contributed by atoms with Crippen LogP contribution in [0.3, 0.4) is 0 Å². The number of hydrogen-bond acceptors (Lipinski definition) is 3. The van der Waals surface area contributed by atoms with Gasteiger partial charge in [-0.2, -0.15) is 0 Å². The molecule has 0 fully saturated rings. The molecule has 0 aliphatic carbocycles. The van der Waals surface area contributed by atoms with E-state index < -0.39 is 0 Å². The van der Waals surface area contributed by atoms with Crippen LogP contribution in [0.5, 0.6) is 5.75 Å². The van der Waals surface area contributed by atoms with Crippen molar-refractivity contribution in [1.29, 1.82) is 0 Å². The molecule has 0 saturated heterocycles. The molecule has 148 valence electrons. The van der Waals surface area contributed by atoms with Crippen molar-refractivity contribution in [3.8, 4) is 5.75 Å². The molecule has 5 nitrogen and oxygen atoms in total. The molecule has 3 rings (SSSR count). The molecule has 3 aromatic carbocycles. The lowest BCUT2D eigenvalue weighted by Gasteiger charge is -2.24. The van der Waals surface area contributed by atoms with Crippen molar-refractivity contribution in [3.05, 3.63) is 90.5 Å². The molecule has 0 spiro atoms. The number of ether oxygens (including phenoxy) is 1. The zero-order valence-corrected chi connectivity index (χ0v) is 16.6. The van der Waals surface area contributed by atoms with Crippen LogP contribution in [0.2, 0.25) is 0 Å². The van der Waals surface area contributed by atoms with Gasteiger partial charge in [-0.25, -0.2) is 0 Å². The Morgan fingerprint density at radius 3 is 1.93 bits per heavy atom. The predicted molar refractivity (Wildman–Crippen MR) is 115 cm³/mol. The molecular weight excluding hydrogens is 364 g/mol. The van der Waals surface area contributed by atoms with E-state index in [0.29, 0.717) is 18.0 Å². The van der Waals surface area contributed by atoms with Gasteiger partial charge in [0.15, 0.2) is 0 Å². The molecule has 0 unspecified atom stereocenters. The third-order valence-electron chi connectivity index (χ3n) is 4.69. The van der Waals surface area contributed by atoms with Crippen LogP contribution in [0, 0.1) is 0 Å². The SMILES string of the molecule is COc1ccc(N(C)C(=O)CC(=O)N(Cc2ccccc2)c2ccccc2)cc1. The van der Waals surface area contributed by atoms with E-state index in [1.165, 1.54) is 4.90 Å². The highest BCUT2D eigenvalue weighted by molar-refractivity contribution is 6.09. The third kappa shape index (κ3) is 5.23. The molecular formula is C24H24N2O3. The Kier molecular flexibility index (Phi) is 6.63. The lowest BCUT2D eigenvalue weighted by Crippen LogP contribution is -2.36. The number of methoxy groups -OCH3 is 1. The van der Waals surface area contributed by atoms with Crippen molar-refractivity contribution in [2.24, 2.45) is 0 Å². The highest BCUT2D eigenvalue weighted by Gasteiger charge is 2.22. The quantitative estimate of drug-likeness (QED) is 0.568. The monoisotopic (exact) mass is 388 g/mol. The number of nitrogens with zero attached hydrogens (tertiary/aromatic N) is 2. The van der Waals surface area contributed by atoms with Crippen molar-refractivity contribution in [2.75, 3.05) is 24.0 Å². The highest BCUT2D eigenvalue weighted by atomic mass is 16.5. The van der Waals surface area contributed by atoms with Gasteiger partial charge >= 0.3 is 0 Å². The van der Waals surface area contributed by atoms with Crippen LogP contribution in [0.15, 0.2) is 84.9 Å². The fourth-order valence-corrected chi connectivity index (χ4v) is 2.99. The van der Waals surface area contributed by atoms with Crippen LogP contribution < -0.4 is 14.5 Å². The first-order valence-electron chi connectivity index (χ1n) is 9.38. The smallest absolute Gasteiger partial charge is 0.236 e. The number of anilines is 2. The molecule has 0 heterocycles. The topological polar surface area (TPSA) is 49.9 Å². The first-order chi connectivity index (χ1) is 14.1. The van der Waals surface area contributed by atoms with Gasteiger partial charge in [-0.15, -0.1) is 0 Å². The minimum atomic E-state index is -0.269. The van der Waals surface area contributed by atoms with E-state index >= 15 is 0 Å². The van der Waals surface area contributed by atoms with Crippen LogP contribution in [-0.2, 0) is 16.1 Å². The summed E-state index contributed by atoms with van der Waals surface area (Å²) in [4.78, 5) is 28.9. The molecule has 29 heavy (non-hydrogen) atoms. The number of amides is 2. The molecule has 0 atom stereocenters. The summed E-state index contributed by atoms with van der Waals surface area (Å²) >= 11 is 0. The number of para-hydroxylation sites is 1. The largest absolute Gasteiger partial charge is 0.497 e. The van der Waals surface area contributed by atoms with E-state index in [1.807, 2.05) is 60.7 Å². The summed E-state index contributed by atoms with van der Waals surface area (Å²) in [5.41, 5.74) is 2.47. The zero-order chi connectivity index (χ0) is 20.6. The maximum Gasteiger partial charge on any atom is 0.236 e. The zero-order valence-electron chi connectivity index (χ0n) is 16.6. The van der Waals surface area contributed by atoms with Gasteiger partial charge in [0.2, 0.25) is 11.8 Å². The highest BCUT2D eigenvalue weighted by Crippen LogP contribution is 2.21. The summed E-state index contributed by atoms with van der Waals surface area (Å²) in [7, 11) is 3.26. The van der Waals surface area contributed by atoms with E-state index in [-0.39, 0.29) is 18.2 Å². The lowest BCUT2D eigenvalue weighted by molar-refractivity contribution is -0.126. The van der Waals surface area contributed by atoms with Gasteiger partial charge in [-0.3, -0.25) is 9.59 Å². The average Bonchev–Trinajstić information content (AvgIpc) is 2.78. The van der Waals surface area contributed by atoms with Crippen molar-refractivity contribution < 1.29 is 14.3 Å². The lowest BCUT2D eigenvalue weighted by atomic mass is 10.1. The molecule has 0 radical (unpaired) electrons. The molecule has 2 amide bonds. The summed E-state index contributed by atoms with van der Waals surface area (Å²) in [6, 6.07) is 26.3. The Morgan fingerprint density at radius 1 is 0.759 bits per heavy atom. The fraction of sp³-hybridized carbons (Fsp3) is 0.167. The van der Waals surface area contributed by atoms with E-state index in [2.05, 4.69) is 0 Å². The van der Waals surface area contributed by atoms with Crippen LogP contribution >= 0.6 is 0 Å². The Labute approximate surface area is 171 Å². The minimum absolute atomic E-state index is 0.218. The van der Waals surface area contributed by atoms with Crippen LogP contribution in [-0.4, -0.2) is 26.0 Å². The molecule has 3 aromatic rings. The minimum Gasteiger partial charge on any atom is -0.497 e. The summed E-state index contributed by atoms with van der Waals surface area (Å²) < 4.78 is 5.15. The Morgan fingerprint density at radius 2 is 1.34 bits per heavy atom. The Hall–Kier alpha value is -3.60. The van der Waals surface area contributed by atoms with Gasteiger partial charge in [0, 0.05) is 18.4 Å². The average molecular weight is 388 g/mol. The van der Waals surface area contributed by atoms with Crippen LogP contribution in [0.4, 0.5) is 11.4 Å². The first kappa shape index (κ1) is 20.1. The van der Waals surface area contributed by atoms with Crippen LogP contribution in [0.25, 0.3) is 0 Å². The van der Waals surface area contributed by atoms with E-state index in [1.54, 1.807) is 43.3 Å². The first-order valence-corrected chi connectivity index (χ1v) is 9.38. The van der Waals surface area contributed by atoms with Gasteiger partial charge in [-0.05, 0) is 42.0 Å². The predicted octanol–water partition coefficient (Wildman–Crippen LogP) is 4.28. The fourth-order valence-electron chi connectivity index (χ4n) is 2.99. The molecule has 0 saturated carbocycles. The summed E-state index contributed by atoms with van der Waals surface area (Å²) in [5, 5.41) is 0. The second-order valence-electron chi connectivity index (χ2n) is 6.63. The number of rotatable bonds is 7. The molecule has 0 aromatic heterocycles. The number of carbonyl (C=O) groups excluding carboxylic acids is 2. The maximum atomic E-state index is 13.1. The summed E-state index contributed by atoms with van der Waals surface area (Å²) in [5.74, 6) is 0.198. The van der Waals surface area contributed by atoms with E-state index in [0.717, 1.165) is 11.3 Å². The van der Waals surface area contributed by atoms with Gasteiger partial charge < -0.3 is 14.5 Å². The number of benzene rings is 3. The summed E-state index contributed by atoms with van der Waals surface area (Å²) in [6.07, 6.45) is -0.218. The van der Waals surface area contributed by atoms with Gasteiger partial charge in [-0.1, -0.05) is 48.5 Å². The second-order valence-corrected chi connectivity index (χ2v) is 6.63. The molecule has 5 heteroatoms. The van der Waals surface area contributed by atoms with E-state index in [9.17, 15) is 9.59 Å². The second kappa shape index (κ2) is 9.55. The summed E-state index contributed by atoms with van der Waals surface area (Å²) in [6.45, 7) is 0.406. The van der Waals surface area contributed by atoms with Crippen molar-refractivity contribution in [3.63, 3.8) is 0 Å². The Bertz CT molecular complexity index is 941. The van der Waals surface area contributed by atoms with Crippen LogP contribution in [0.1, 0.15) is 12.0 Å². The third-order valence-corrected chi connectivity index (χ3v) is 4.69. The normalized spacial score (nSPS) is 10.3. The van der Waals surface area contributed by atoms with E-state index in [4.69, 9.17) is 4.74 Å². The molecule has 0 bridgehead atoms. The number of hydrogen-bond donors (Lipinski definition) is 0. The molecule has 0 aliphatic heterocycles. The van der Waals surface area contributed by atoms with Gasteiger partial charge in [0.1, 0.15) is 12.2 Å².